The molecular weight excluding hydrogens is 449 g/mol. The van der Waals surface area contributed by atoms with E-state index in [-0.39, 0.29) is 0 Å². The third kappa shape index (κ3) is 4.40. The number of rotatable bonds is 7. The van der Waals surface area contributed by atoms with Gasteiger partial charge in [-0.1, -0.05) is 30.4 Å². The number of hydrogen-bond acceptors (Lipinski definition) is 6. The standard InChI is InChI=1S/C18H18IN3O2S/c1-3-8-24-17-13(19)9-12(10-15(17)23-2)11-20-22-18-21-14-6-4-5-7-16(14)25-18/h4-7,9-11H,3,8H2,1-2H3,(H,21,22)/b20-11-. The number of hydrogen-bond donors (Lipinski definition) is 1. The molecule has 0 amide bonds. The summed E-state index contributed by atoms with van der Waals surface area (Å²) < 4.78 is 13.3. The number of ether oxygens (including phenoxy) is 2. The fourth-order valence-electron chi connectivity index (χ4n) is 2.24. The zero-order valence-electron chi connectivity index (χ0n) is 14.0. The third-order valence-electron chi connectivity index (χ3n) is 3.37. The lowest BCUT2D eigenvalue weighted by molar-refractivity contribution is 0.292. The molecule has 5 nitrogen and oxygen atoms in total. The second-order valence-corrected chi connectivity index (χ2v) is 7.43. The van der Waals surface area contributed by atoms with Crippen LogP contribution in [-0.4, -0.2) is 24.9 Å². The summed E-state index contributed by atoms with van der Waals surface area (Å²) in [5.41, 5.74) is 4.89. The van der Waals surface area contributed by atoms with Gasteiger partial charge in [0.05, 0.1) is 33.7 Å². The maximum Gasteiger partial charge on any atom is 0.204 e. The van der Waals surface area contributed by atoms with Crippen molar-refractivity contribution in [2.75, 3.05) is 19.1 Å². The van der Waals surface area contributed by atoms with Crippen molar-refractivity contribution in [1.82, 2.24) is 4.98 Å². The minimum Gasteiger partial charge on any atom is -0.493 e. The number of methoxy groups -OCH3 is 1. The lowest BCUT2D eigenvalue weighted by atomic mass is 10.2. The van der Waals surface area contributed by atoms with Crippen molar-refractivity contribution in [2.45, 2.75) is 13.3 Å². The van der Waals surface area contributed by atoms with Crippen LogP contribution in [0, 0.1) is 3.57 Å². The highest BCUT2D eigenvalue weighted by atomic mass is 127. The highest BCUT2D eigenvalue weighted by Gasteiger charge is 2.10. The van der Waals surface area contributed by atoms with Crippen molar-refractivity contribution in [3.05, 3.63) is 45.5 Å². The predicted octanol–water partition coefficient (Wildman–Crippen LogP) is 5.14. The van der Waals surface area contributed by atoms with Crippen molar-refractivity contribution >= 4 is 55.5 Å². The fourth-order valence-corrected chi connectivity index (χ4v) is 3.84. The van der Waals surface area contributed by atoms with Crippen LogP contribution in [0.4, 0.5) is 5.13 Å². The van der Waals surface area contributed by atoms with Gasteiger partial charge in [-0.2, -0.15) is 5.10 Å². The molecule has 0 saturated carbocycles. The number of thiazole rings is 1. The number of fused-ring (bicyclic) bond motifs is 1. The van der Waals surface area contributed by atoms with Crippen molar-refractivity contribution in [1.29, 1.82) is 0 Å². The molecule has 1 N–H and O–H groups in total. The first-order valence-electron chi connectivity index (χ1n) is 7.86. The Balaban J connectivity index is 1.75. The molecule has 0 aliphatic heterocycles. The molecular formula is C18H18IN3O2S. The highest BCUT2D eigenvalue weighted by molar-refractivity contribution is 14.1. The van der Waals surface area contributed by atoms with Crippen molar-refractivity contribution in [3.8, 4) is 11.5 Å². The first-order valence-corrected chi connectivity index (χ1v) is 9.75. The summed E-state index contributed by atoms with van der Waals surface area (Å²) in [5, 5.41) is 5.05. The number of hydrazone groups is 1. The Kier molecular flexibility index (Phi) is 6.09. The molecule has 3 rings (SSSR count). The van der Waals surface area contributed by atoms with Crippen LogP contribution >= 0.6 is 33.9 Å². The van der Waals surface area contributed by atoms with E-state index in [9.17, 15) is 0 Å². The van der Waals surface area contributed by atoms with Gasteiger partial charge >= 0.3 is 0 Å². The predicted molar refractivity (Wildman–Crippen MR) is 112 cm³/mol. The summed E-state index contributed by atoms with van der Waals surface area (Å²) >= 11 is 3.82. The maximum absolute atomic E-state index is 5.77. The molecule has 25 heavy (non-hydrogen) atoms. The molecule has 0 spiro atoms. The van der Waals surface area contributed by atoms with Crippen LogP contribution in [0.25, 0.3) is 10.2 Å². The van der Waals surface area contributed by atoms with E-state index < -0.39 is 0 Å². The highest BCUT2D eigenvalue weighted by Crippen LogP contribution is 2.33. The van der Waals surface area contributed by atoms with E-state index in [4.69, 9.17) is 9.47 Å². The molecule has 0 aliphatic carbocycles. The van der Waals surface area contributed by atoms with Gasteiger partial charge in [-0.15, -0.1) is 0 Å². The van der Waals surface area contributed by atoms with Crippen molar-refractivity contribution in [3.63, 3.8) is 0 Å². The summed E-state index contributed by atoms with van der Waals surface area (Å²) in [6, 6.07) is 11.9. The van der Waals surface area contributed by atoms with E-state index in [2.05, 4.69) is 45.0 Å². The molecule has 0 saturated heterocycles. The van der Waals surface area contributed by atoms with E-state index in [0.717, 1.165) is 36.7 Å². The van der Waals surface area contributed by atoms with Gasteiger partial charge in [-0.25, -0.2) is 4.98 Å². The van der Waals surface area contributed by atoms with E-state index in [0.29, 0.717) is 12.4 Å². The largest absolute Gasteiger partial charge is 0.493 e. The molecule has 130 valence electrons. The quantitative estimate of drug-likeness (QED) is 0.297. The minimum absolute atomic E-state index is 0.666. The fraction of sp³-hybridized carbons (Fsp3) is 0.222. The third-order valence-corrected chi connectivity index (χ3v) is 5.11. The van der Waals surface area contributed by atoms with Crippen LogP contribution in [0.3, 0.4) is 0 Å². The Hall–Kier alpha value is -1.87. The zero-order valence-corrected chi connectivity index (χ0v) is 16.9. The molecule has 0 radical (unpaired) electrons. The molecule has 0 fully saturated rings. The number of aromatic nitrogens is 1. The summed E-state index contributed by atoms with van der Waals surface area (Å²) in [7, 11) is 1.64. The molecule has 0 atom stereocenters. The maximum atomic E-state index is 5.77. The SMILES string of the molecule is CCCOc1c(I)cc(/C=N\Nc2nc3ccccc3s2)cc1OC. The van der Waals surface area contributed by atoms with E-state index in [1.54, 1.807) is 24.7 Å². The summed E-state index contributed by atoms with van der Waals surface area (Å²) in [6.45, 7) is 2.74. The Morgan fingerprint density at radius 2 is 2.16 bits per heavy atom. The Morgan fingerprint density at radius 3 is 2.92 bits per heavy atom. The second-order valence-electron chi connectivity index (χ2n) is 5.24. The van der Waals surface area contributed by atoms with Gasteiger partial charge in [0.25, 0.3) is 0 Å². The number of halogens is 1. The zero-order chi connectivity index (χ0) is 17.6. The molecule has 7 heteroatoms. The topological polar surface area (TPSA) is 55.7 Å². The van der Waals surface area contributed by atoms with E-state index in [1.807, 2.05) is 36.4 Å². The van der Waals surface area contributed by atoms with Gasteiger partial charge in [0.15, 0.2) is 11.5 Å². The monoisotopic (exact) mass is 467 g/mol. The van der Waals surface area contributed by atoms with Crippen LogP contribution in [0.5, 0.6) is 11.5 Å². The van der Waals surface area contributed by atoms with Gasteiger partial charge < -0.3 is 9.47 Å². The molecule has 0 aliphatic rings. The lowest BCUT2D eigenvalue weighted by Gasteiger charge is -2.12. The molecule has 0 bridgehead atoms. The van der Waals surface area contributed by atoms with E-state index >= 15 is 0 Å². The number of nitrogens with one attached hydrogen (secondary N) is 1. The minimum atomic E-state index is 0.666. The van der Waals surface area contributed by atoms with E-state index in [1.165, 1.54) is 0 Å². The number of benzene rings is 2. The summed E-state index contributed by atoms with van der Waals surface area (Å²) in [5.74, 6) is 1.49. The van der Waals surface area contributed by atoms with Gasteiger partial charge in [0, 0.05) is 0 Å². The number of nitrogens with zero attached hydrogens (tertiary/aromatic N) is 2. The Morgan fingerprint density at radius 1 is 1.32 bits per heavy atom. The molecule has 1 heterocycles. The average molecular weight is 467 g/mol. The summed E-state index contributed by atoms with van der Waals surface area (Å²) in [4.78, 5) is 4.49. The van der Waals surface area contributed by atoms with Crippen molar-refractivity contribution < 1.29 is 9.47 Å². The van der Waals surface area contributed by atoms with Crippen LogP contribution in [0.1, 0.15) is 18.9 Å². The average Bonchev–Trinajstić information content (AvgIpc) is 3.03. The number of anilines is 1. The van der Waals surface area contributed by atoms with Gasteiger partial charge in [-0.05, 0) is 58.8 Å². The Bertz CT molecular complexity index is 862. The second kappa shape index (κ2) is 8.48. The van der Waals surface area contributed by atoms with Crippen LogP contribution in [0.2, 0.25) is 0 Å². The molecule has 1 aromatic heterocycles. The van der Waals surface area contributed by atoms with Crippen LogP contribution < -0.4 is 14.9 Å². The molecule has 2 aromatic carbocycles. The van der Waals surface area contributed by atoms with Gasteiger partial charge in [0.1, 0.15) is 0 Å². The van der Waals surface area contributed by atoms with Gasteiger partial charge in [0.2, 0.25) is 5.13 Å². The first-order chi connectivity index (χ1) is 12.2. The lowest BCUT2D eigenvalue weighted by Crippen LogP contribution is -2.01. The first kappa shape index (κ1) is 17.9. The normalized spacial score (nSPS) is 11.2. The summed E-state index contributed by atoms with van der Waals surface area (Å²) in [6.07, 6.45) is 2.70. The number of para-hydroxylation sites is 1. The van der Waals surface area contributed by atoms with Crippen LogP contribution in [0.15, 0.2) is 41.5 Å². The van der Waals surface area contributed by atoms with Crippen LogP contribution in [-0.2, 0) is 0 Å². The van der Waals surface area contributed by atoms with Crippen molar-refractivity contribution in [2.24, 2.45) is 5.10 Å². The Labute approximate surface area is 164 Å². The molecule has 0 unspecified atom stereocenters. The molecule has 3 aromatic rings. The van der Waals surface area contributed by atoms with Gasteiger partial charge in [-0.3, -0.25) is 5.43 Å². The smallest absolute Gasteiger partial charge is 0.204 e.